The molecule has 0 unspecified atom stereocenters. The van der Waals surface area contributed by atoms with Crippen LogP contribution >= 0.6 is 41.4 Å². The van der Waals surface area contributed by atoms with Crippen LogP contribution in [0, 0.1) is 5.41 Å². The molecule has 1 aliphatic rings. The molecule has 1 saturated heterocycles. The molecule has 4 heteroatoms. The monoisotopic (exact) mass is 379 g/mol. The predicted octanol–water partition coefficient (Wildman–Crippen LogP) is 5.72. The van der Waals surface area contributed by atoms with Gasteiger partial charge in [-0.05, 0) is 29.7 Å². The first-order valence-electron chi connectivity index (χ1n) is 7.87. The second kappa shape index (κ2) is 7.44. The average Bonchev–Trinajstić information content (AvgIpc) is 2.59. The minimum Gasteiger partial charge on any atom is -0.105 e. The van der Waals surface area contributed by atoms with Crippen LogP contribution in [0.4, 0.5) is 0 Å². The lowest BCUT2D eigenvalue weighted by Crippen LogP contribution is -2.32. The zero-order valence-electron chi connectivity index (χ0n) is 13.9. The number of hydrogen-bond acceptors (Lipinski definition) is 3. The third-order valence-corrected chi connectivity index (χ3v) is 17.9. The standard InChI is InChI=1S/C19H24PS3/c1-19(2)14-22-18(23-15-19)20(21-3,16-10-6-4-7-11-16)17-12-8-5-9-13-17/h4-13,18H,14-15H2,1-3H3/q+1. The van der Waals surface area contributed by atoms with Gasteiger partial charge in [0.2, 0.25) is 0 Å². The lowest BCUT2D eigenvalue weighted by molar-refractivity contribution is 0.490. The van der Waals surface area contributed by atoms with Gasteiger partial charge < -0.3 is 0 Å². The fourth-order valence-corrected chi connectivity index (χ4v) is 16.5. The molecule has 1 fully saturated rings. The van der Waals surface area contributed by atoms with Gasteiger partial charge in [-0.3, -0.25) is 0 Å². The Hall–Kier alpha value is -0.0800. The van der Waals surface area contributed by atoms with Crippen LogP contribution in [0.1, 0.15) is 13.8 Å². The summed E-state index contributed by atoms with van der Waals surface area (Å²) in [6, 6.07) is 22.4. The van der Waals surface area contributed by atoms with Gasteiger partial charge in [-0.15, -0.1) is 23.5 Å². The van der Waals surface area contributed by atoms with E-state index in [1.54, 1.807) is 0 Å². The van der Waals surface area contributed by atoms with E-state index >= 15 is 0 Å². The van der Waals surface area contributed by atoms with Crippen molar-refractivity contribution in [2.45, 2.75) is 18.2 Å². The molecular weight excluding hydrogens is 355 g/mol. The first-order chi connectivity index (χ1) is 11.1. The topological polar surface area (TPSA) is 0 Å². The highest BCUT2D eigenvalue weighted by atomic mass is 32.7. The molecule has 0 atom stereocenters. The molecule has 23 heavy (non-hydrogen) atoms. The van der Waals surface area contributed by atoms with Gasteiger partial charge in [-0.25, -0.2) is 0 Å². The Morgan fingerprint density at radius 3 is 1.70 bits per heavy atom. The molecule has 0 aliphatic carbocycles. The Morgan fingerprint density at radius 1 is 0.870 bits per heavy atom. The maximum Gasteiger partial charge on any atom is 0.179 e. The molecule has 1 heterocycles. The summed E-state index contributed by atoms with van der Waals surface area (Å²) in [7, 11) is 0. The number of hydrogen-bond donors (Lipinski definition) is 0. The second-order valence-corrected chi connectivity index (χ2v) is 15.8. The van der Waals surface area contributed by atoms with Crippen molar-refractivity contribution in [1.82, 2.24) is 0 Å². The van der Waals surface area contributed by atoms with E-state index in [-0.39, 0.29) is 0 Å². The van der Waals surface area contributed by atoms with E-state index in [0.717, 1.165) is 0 Å². The summed E-state index contributed by atoms with van der Waals surface area (Å²) >= 11 is 6.47. The fourth-order valence-electron chi connectivity index (χ4n) is 2.88. The van der Waals surface area contributed by atoms with Crippen LogP contribution in [0.15, 0.2) is 60.7 Å². The summed E-state index contributed by atoms with van der Waals surface area (Å²) in [5, 5.41) is 3.06. The van der Waals surface area contributed by atoms with Gasteiger partial charge in [0.25, 0.3) is 0 Å². The van der Waals surface area contributed by atoms with Crippen molar-refractivity contribution in [3.8, 4) is 0 Å². The fraction of sp³-hybridized carbons (Fsp3) is 0.368. The van der Waals surface area contributed by atoms with E-state index in [0.29, 0.717) is 9.74 Å². The van der Waals surface area contributed by atoms with Crippen molar-refractivity contribution in [2.24, 2.45) is 5.41 Å². The third kappa shape index (κ3) is 3.63. The van der Waals surface area contributed by atoms with Crippen molar-refractivity contribution < 1.29 is 0 Å². The maximum atomic E-state index is 2.40. The summed E-state index contributed by atoms with van der Waals surface area (Å²) < 4.78 is 0.648. The second-order valence-electron chi connectivity index (χ2n) is 6.60. The Kier molecular flexibility index (Phi) is 5.73. The van der Waals surface area contributed by atoms with Gasteiger partial charge >= 0.3 is 0 Å². The molecule has 0 N–H and O–H groups in total. The predicted molar refractivity (Wildman–Crippen MR) is 115 cm³/mol. The van der Waals surface area contributed by atoms with Crippen molar-refractivity contribution >= 4 is 52.0 Å². The summed E-state index contributed by atoms with van der Waals surface area (Å²) in [5.74, 6) is 2.51. The van der Waals surface area contributed by atoms with Crippen LogP contribution in [-0.4, -0.2) is 22.1 Å². The molecule has 0 amide bonds. The summed E-state index contributed by atoms with van der Waals surface area (Å²) in [5.41, 5.74) is 0.452. The van der Waals surface area contributed by atoms with Crippen LogP contribution < -0.4 is 10.6 Å². The molecule has 1 aliphatic heterocycles. The van der Waals surface area contributed by atoms with Crippen molar-refractivity contribution in [3.63, 3.8) is 0 Å². The molecule has 0 radical (unpaired) electrons. The summed E-state index contributed by atoms with van der Waals surface area (Å²) in [6.07, 6.45) is 2.31. The van der Waals surface area contributed by atoms with Crippen LogP contribution in [0.5, 0.6) is 0 Å². The Morgan fingerprint density at radius 2 is 1.30 bits per heavy atom. The van der Waals surface area contributed by atoms with E-state index in [1.165, 1.54) is 22.1 Å². The molecule has 122 valence electrons. The Balaban J connectivity index is 2.07. The number of thioether (sulfide) groups is 2. The Bertz CT molecular complexity index is 578. The average molecular weight is 380 g/mol. The zero-order valence-corrected chi connectivity index (χ0v) is 17.3. The van der Waals surface area contributed by atoms with Crippen LogP contribution in [0.25, 0.3) is 0 Å². The van der Waals surface area contributed by atoms with Gasteiger partial charge in [0, 0.05) is 29.1 Å². The molecule has 0 spiro atoms. The first kappa shape index (κ1) is 17.7. The third-order valence-electron chi connectivity index (χ3n) is 4.10. The molecule has 0 aromatic heterocycles. The van der Waals surface area contributed by atoms with Crippen LogP contribution in [0.3, 0.4) is 0 Å². The van der Waals surface area contributed by atoms with Crippen molar-refractivity contribution in [2.75, 3.05) is 17.8 Å². The molecule has 2 aromatic carbocycles. The largest absolute Gasteiger partial charge is 0.179 e. The molecular formula is C19H24PS3+. The Labute approximate surface area is 153 Å². The molecule has 2 aromatic rings. The lowest BCUT2D eigenvalue weighted by atomic mass is 10.0. The van der Waals surface area contributed by atoms with Gasteiger partial charge in [0.15, 0.2) is 10.8 Å². The lowest BCUT2D eigenvalue weighted by Gasteiger charge is -2.38. The first-order valence-corrected chi connectivity index (χ1v) is 13.7. The number of rotatable bonds is 4. The van der Waals surface area contributed by atoms with Crippen LogP contribution in [-0.2, 0) is 0 Å². The van der Waals surface area contributed by atoms with Crippen LogP contribution in [0.2, 0.25) is 0 Å². The summed E-state index contributed by atoms with van der Waals surface area (Å²) in [4.78, 5) is 0. The minimum absolute atomic E-state index is 0.452. The summed E-state index contributed by atoms with van der Waals surface area (Å²) in [6.45, 7) is 3.32. The normalized spacial score (nSPS) is 18.7. The van der Waals surface area contributed by atoms with Crippen molar-refractivity contribution in [1.29, 1.82) is 0 Å². The smallest absolute Gasteiger partial charge is 0.105 e. The maximum absolute atomic E-state index is 2.40. The molecule has 0 saturated carbocycles. The molecule has 0 nitrogen and oxygen atoms in total. The quantitative estimate of drug-likeness (QED) is 0.623. The van der Waals surface area contributed by atoms with E-state index in [9.17, 15) is 0 Å². The molecule has 3 rings (SSSR count). The zero-order chi connectivity index (χ0) is 16.3. The highest BCUT2D eigenvalue weighted by Crippen LogP contribution is 2.76. The highest BCUT2D eigenvalue weighted by Gasteiger charge is 2.53. The SMILES string of the molecule is CS[P+](c1ccccc1)(c1ccccc1)C1SCC(C)(C)CS1. The van der Waals surface area contributed by atoms with Crippen molar-refractivity contribution in [3.05, 3.63) is 60.7 Å². The minimum atomic E-state index is -1.47. The number of benzene rings is 2. The van der Waals surface area contributed by atoms with Gasteiger partial charge in [-0.1, -0.05) is 50.2 Å². The van der Waals surface area contributed by atoms with Gasteiger partial charge in [0.1, 0.15) is 10.6 Å². The van der Waals surface area contributed by atoms with E-state index in [1.807, 2.05) is 0 Å². The highest BCUT2D eigenvalue weighted by molar-refractivity contribution is 8.70. The van der Waals surface area contributed by atoms with E-state index in [4.69, 9.17) is 0 Å². The van der Waals surface area contributed by atoms with E-state index in [2.05, 4.69) is 116 Å². The molecule has 0 bridgehead atoms. The van der Waals surface area contributed by atoms with Gasteiger partial charge in [0.05, 0.1) is 0 Å². The van der Waals surface area contributed by atoms with Gasteiger partial charge in [-0.2, -0.15) is 0 Å². The van der Waals surface area contributed by atoms with E-state index < -0.39 is 6.46 Å².